The van der Waals surface area contributed by atoms with Gasteiger partial charge in [0.25, 0.3) is 0 Å². The number of methoxy groups -OCH3 is 2. The average Bonchev–Trinajstić information content (AvgIpc) is 2.30. The van der Waals surface area contributed by atoms with Crippen molar-refractivity contribution >= 4 is 29.0 Å². The van der Waals surface area contributed by atoms with Crippen LogP contribution in [0.25, 0.3) is 0 Å². The number of hydrogen-bond acceptors (Lipinski definition) is 5. The number of nitrogens with one attached hydrogen (secondary N) is 2. The molecule has 2 amide bonds. The summed E-state index contributed by atoms with van der Waals surface area (Å²) in [5.41, 5.74) is 5.17. The van der Waals surface area contributed by atoms with Gasteiger partial charge in [-0.3, -0.25) is 9.59 Å². The summed E-state index contributed by atoms with van der Waals surface area (Å²) in [6.45, 7) is 0.502. The third-order valence-corrected chi connectivity index (χ3v) is 1.95. The smallest absolute Gasteiger partial charge is 0.309 e. The van der Waals surface area contributed by atoms with E-state index in [2.05, 4.69) is 22.9 Å². The van der Waals surface area contributed by atoms with Gasteiger partial charge in [-0.05, 0) is 0 Å². The lowest BCUT2D eigenvalue weighted by molar-refractivity contribution is -0.139. The number of rotatable bonds is 7. The van der Waals surface area contributed by atoms with Gasteiger partial charge < -0.3 is 25.8 Å². The Bertz CT molecular complexity index is 285. The van der Waals surface area contributed by atoms with Gasteiger partial charge in [0.05, 0.1) is 24.2 Å². The highest BCUT2D eigenvalue weighted by Crippen LogP contribution is 1.88. The van der Waals surface area contributed by atoms with E-state index in [4.69, 9.17) is 15.2 Å². The van der Waals surface area contributed by atoms with Crippen LogP contribution in [0.3, 0.4) is 0 Å². The molecule has 0 aliphatic rings. The summed E-state index contributed by atoms with van der Waals surface area (Å²) in [5.74, 6) is -1.55. The summed E-state index contributed by atoms with van der Waals surface area (Å²) >= 11 is 4.55. The van der Waals surface area contributed by atoms with Crippen LogP contribution in [-0.4, -0.2) is 56.8 Å². The molecule has 0 radical (unpaired) electrons. The minimum Gasteiger partial charge on any atom is -0.392 e. The fourth-order valence-electron chi connectivity index (χ4n) is 0.931. The number of amides is 2. The molecule has 0 aromatic carbocycles. The molecule has 1 atom stereocenters. The molecule has 17 heavy (non-hydrogen) atoms. The molecule has 0 heterocycles. The molecule has 4 N–H and O–H groups in total. The van der Waals surface area contributed by atoms with E-state index in [1.165, 1.54) is 14.2 Å². The van der Waals surface area contributed by atoms with Crippen molar-refractivity contribution in [2.24, 2.45) is 5.73 Å². The van der Waals surface area contributed by atoms with Crippen LogP contribution < -0.4 is 16.4 Å². The van der Waals surface area contributed by atoms with Crippen molar-refractivity contribution in [1.29, 1.82) is 0 Å². The van der Waals surface area contributed by atoms with E-state index >= 15 is 0 Å². The molecule has 0 spiro atoms. The lowest BCUT2D eigenvalue weighted by Gasteiger charge is -2.14. The Morgan fingerprint density at radius 3 is 2.35 bits per heavy atom. The van der Waals surface area contributed by atoms with Gasteiger partial charge in [-0.25, -0.2) is 0 Å². The van der Waals surface area contributed by atoms with E-state index in [1.807, 2.05) is 0 Å². The fourth-order valence-corrected chi connectivity index (χ4v) is 1.00. The molecule has 0 aliphatic carbocycles. The molecule has 0 fully saturated rings. The van der Waals surface area contributed by atoms with Crippen molar-refractivity contribution in [2.45, 2.75) is 6.10 Å². The number of nitrogens with two attached hydrogens (primary N) is 1. The van der Waals surface area contributed by atoms with Gasteiger partial charge in [-0.1, -0.05) is 12.2 Å². The average molecular weight is 263 g/mol. The van der Waals surface area contributed by atoms with Gasteiger partial charge in [-0.15, -0.1) is 0 Å². The van der Waals surface area contributed by atoms with Gasteiger partial charge in [0.15, 0.2) is 0 Å². The Morgan fingerprint density at radius 1 is 1.29 bits per heavy atom. The maximum atomic E-state index is 11.3. The largest absolute Gasteiger partial charge is 0.392 e. The molecule has 0 saturated heterocycles. The summed E-state index contributed by atoms with van der Waals surface area (Å²) in [6, 6.07) is 0. The van der Waals surface area contributed by atoms with Crippen LogP contribution in [0.1, 0.15) is 0 Å². The summed E-state index contributed by atoms with van der Waals surface area (Å²) in [4.78, 5) is 22.6. The number of hydrogen-bond donors (Lipinski definition) is 3. The molecule has 0 aliphatic heterocycles. The highest BCUT2D eigenvalue weighted by atomic mass is 32.1. The minimum atomic E-state index is -0.787. The van der Waals surface area contributed by atoms with Crippen molar-refractivity contribution in [3.05, 3.63) is 0 Å². The fraction of sp³-hybridized carbons (Fsp3) is 0.667. The molecule has 8 heteroatoms. The molecule has 0 saturated carbocycles. The van der Waals surface area contributed by atoms with Crippen molar-refractivity contribution < 1.29 is 19.1 Å². The maximum Gasteiger partial charge on any atom is 0.309 e. The normalized spacial score (nSPS) is 11.6. The molecule has 0 bridgehead atoms. The molecule has 1 unspecified atom stereocenters. The first-order chi connectivity index (χ1) is 8.01. The standard InChI is InChI=1S/C9H17N3O4S/c1-15-5-6(16-2)3-11-8(13)9(14)12-4-7(10)17/h6H,3-5H2,1-2H3,(H2,10,17)(H,11,13)(H,12,14). The van der Waals surface area contributed by atoms with E-state index < -0.39 is 11.8 Å². The topological polar surface area (TPSA) is 103 Å². The number of carbonyl (C=O) groups excluding carboxylic acids is 2. The van der Waals surface area contributed by atoms with Crippen molar-refractivity contribution in [1.82, 2.24) is 10.6 Å². The third-order valence-electron chi connectivity index (χ3n) is 1.81. The zero-order valence-corrected chi connectivity index (χ0v) is 10.6. The van der Waals surface area contributed by atoms with Gasteiger partial charge in [0.1, 0.15) is 0 Å². The lowest BCUT2D eigenvalue weighted by Crippen LogP contribution is -2.45. The summed E-state index contributed by atoms with van der Waals surface area (Å²) in [7, 11) is 3.01. The Labute approximate surface area is 105 Å². The molecular formula is C9H17N3O4S. The summed E-state index contributed by atoms with van der Waals surface area (Å²) in [6.07, 6.45) is -0.299. The first-order valence-corrected chi connectivity index (χ1v) is 5.28. The van der Waals surface area contributed by atoms with Crippen LogP contribution in [0, 0.1) is 0 Å². The highest BCUT2D eigenvalue weighted by molar-refractivity contribution is 7.80. The van der Waals surface area contributed by atoms with Crippen LogP contribution in [0.2, 0.25) is 0 Å². The van der Waals surface area contributed by atoms with E-state index in [0.29, 0.717) is 6.61 Å². The molecule has 98 valence electrons. The number of ether oxygens (including phenoxy) is 2. The van der Waals surface area contributed by atoms with Gasteiger partial charge in [0.2, 0.25) is 0 Å². The number of carbonyl (C=O) groups is 2. The second kappa shape index (κ2) is 8.85. The molecule has 7 nitrogen and oxygen atoms in total. The Balaban J connectivity index is 3.91. The van der Waals surface area contributed by atoms with Gasteiger partial charge in [-0.2, -0.15) is 0 Å². The van der Waals surface area contributed by atoms with Crippen LogP contribution in [0.5, 0.6) is 0 Å². The lowest BCUT2D eigenvalue weighted by atomic mass is 10.3. The first kappa shape index (κ1) is 15.8. The zero-order chi connectivity index (χ0) is 13.3. The summed E-state index contributed by atoms with van der Waals surface area (Å²) in [5, 5.41) is 4.67. The zero-order valence-electron chi connectivity index (χ0n) is 9.82. The van der Waals surface area contributed by atoms with Crippen LogP contribution in [-0.2, 0) is 19.1 Å². The van der Waals surface area contributed by atoms with Crippen molar-refractivity contribution in [3.8, 4) is 0 Å². The predicted octanol–water partition coefficient (Wildman–Crippen LogP) is -1.83. The SMILES string of the molecule is COCC(CNC(=O)C(=O)NCC(N)=S)OC. The van der Waals surface area contributed by atoms with Crippen LogP contribution >= 0.6 is 12.2 Å². The second-order valence-electron chi connectivity index (χ2n) is 3.17. The van der Waals surface area contributed by atoms with Crippen LogP contribution in [0.15, 0.2) is 0 Å². The predicted molar refractivity (Wildman–Crippen MR) is 65.5 cm³/mol. The van der Waals surface area contributed by atoms with Crippen molar-refractivity contribution in [3.63, 3.8) is 0 Å². The highest BCUT2D eigenvalue weighted by Gasteiger charge is 2.15. The molecular weight excluding hydrogens is 246 g/mol. The maximum absolute atomic E-state index is 11.3. The quantitative estimate of drug-likeness (QED) is 0.369. The van der Waals surface area contributed by atoms with Crippen molar-refractivity contribution in [2.75, 3.05) is 33.9 Å². The van der Waals surface area contributed by atoms with E-state index in [1.54, 1.807) is 0 Å². The third kappa shape index (κ3) is 7.61. The van der Waals surface area contributed by atoms with E-state index in [-0.39, 0.29) is 24.2 Å². The van der Waals surface area contributed by atoms with E-state index in [0.717, 1.165) is 0 Å². The monoisotopic (exact) mass is 263 g/mol. The second-order valence-corrected chi connectivity index (χ2v) is 3.70. The Kier molecular flexibility index (Phi) is 8.20. The van der Waals surface area contributed by atoms with Gasteiger partial charge in [0, 0.05) is 20.8 Å². The minimum absolute atomic E-state index is 0.00658. The van der Waals surface area contributed by atoms with Gasteiger partial charge >= 0.3 is 11.8 Å². The first-order valence-electron chi connectivity index (χ1n) is 4.87. The van der Waals surface area contributed by atoms with Crippen LogP contribution in [0.4, 0.5) is 0 Å². The number of thiocarbonyl (C=S) groups is 1. The molecule has 0 aromatic heterocycles. The Hall–Kier alpha value is -1.25. The Morgan fingerprint density at radius 2 is 1.88 bits per heavy atom. The van der Waals surface area contributed by atoms with E-state index in [9.17, 15) is 9.59 Å². The molecule has 0 aromatic rings. The summed E-state index contributed by atoms with van der Waals surface area (Å²) < 4.78 is 9.86. The molecule has 0 rings (SSSR count).